The van der Waals surface area contributed by atoms with E-state index in [0.29, 0.717) is 27.5 Å². The van der Waals surface area contributed by atoms with Crippen molar-refractivity contribution < 1.29 is 35.9 Å². The molecule has 4 heterocycles. The van der Waals surface area contributed by atoms with Crippen LogP contribution in [0.15, 0.2) is 77.2 Å². The van der Waals surface area contributed by atoms with Crippen molar-refractivity contribution >= 4 is 66.0 Å². The first-order chi connectivity index (χ1) is 23.0. The zero-order valence-corrected chi connectivity index (χ0v) is 26.4. The minimum absolute atomic E-state index is 0.0881. The summed E-state index contributed by atoms with van der Waals surface area (Å²) in [4.78, 5) is 35.4. The second-order valence-electron chi connectivity index (χ2n) is 10.8. The monoisotopic (exact) mass is 669 g/mol. The maximum atomic E-state index is 15.0. The minimum atomic E-state index is -3.82. The van der Waals surface area contributed by atoms with Crippen molar-refractivity contribution in [2.24, 2.45) is 0 Å². The Balaban J connectivity index is 1.54. The highest BCUT2D eigenvalue weighted by molar-refractivity contribution is 7.92. The zero-order valence-electron chi connectivity index (χ0n) is 25.6. The molecule has 14 heteroatoms. The maximum absolute atomic E-state index is 15.0. The topological polar surface area (TPSA) is 145 Å². The van der Waals surface area contributed by atoms with Crippen LogP contribution in [0, 0.1) is 11.6 Å². The van der Waals surface area contributed by atoms with Gasteiger partial charge in [-0.05, 0) is 67.6 Å². The van der Waals surface area contributed by atoms with Gasteiger partial charge in [0.05, 0.1) is 46.4 Å². The zero-order chi connectivity index (χ0) is 33.9. The Morgan fingerprint density at radius 2 is 1.73 bits per heavy atom. The van der Waals surface area contributed by atoms with E-state index in [1.165, 1.54) is 67.9 Å². The lowest BCUT2D eigenvalue weighted by Gasteiger charge is -2.13. The van der Waals surface area contributed by atoms with Crippen molar-refractivity contribution in [2.45, 2.75) is 6.92 Å². The first-order valence-electron chi connectivity index (χ1n) is 14.6. The van der Waals surface area contributed by atoms with Gasteiger partial charge in [-0.1, -0.05) is 6.07 Å². The van der Waals surface area contributed by atoms with E-state index >= 15 is 0 Å². The Hall–Kier alpha value is -5.89. The fourth-order valence-corrected chi connectivity index (χ4v) is 6.35. The van der Waals surface area contributed by atoms with E-state index in [4.69, 9.17) is 14.1 Å². The highest BCUT2D eigenvalue weighted by Gasteiger charge is 2.26. The summed E-state index contributed by atoms with van der Waals surface area (Å²) in [5, 5.41) is 3.17. The molecule has 4 aromatic heterocycles. The molecule has 0 unspecified atom stereocenters. The number of hydrogen-bond donors (Lipinski definition) is 2. The Morgan fingerprint density at radius 3 is 2.44 bits per heavy atom. The van der Waals surface area contributed by atoms with E-state index in [-0.39, 0.29) is 56.3 Å². The van der Waals surface area contributed by atoms with Gasteiger partial charge in [0.25, 0.3) is 5.91 Å². The number of nitrogens with one attached hydrogen (secondary N) is 2. The standard InChI is InChI=1S/C34H25F2N5O6S/c1-4-48(44,45)40-25-16-28-21(29(33(42)37-2)31(47-28)17-8-10-18(35)11-9-17)14-20(25)23-12-13-24-30(38-23)27-15-19-22(36)6-5-7-26(19)41(27)32(39-24)34(43)46-3/h5-16,40H,4H2,1-3H3,(H,37,42). The molecule has 11 nitrogen and oxygen atoms in total. The molecule has 0 spiro atoms. The van der Waals surface area contributed by atoms with Crippen molar-refractivity contribution in [1.82, 2.24) is 19.7 Å². The second kappa shape index (κ2) is 11.4. The molecule has 0 saturated heterocycles. The number of hydrogen-bond acceptors (Lipinski definition) is 8. The molecule has 0 radical (unpaired) electrons. The van der Waals surface area contributed by atoms with Crippen molar-refractivity contribution in [1.29, 1.82) is 0 Å². The summed E-state index contributed by atoms with van der Waals surface area (Å²) in [6, 6.07) is 17.6. The molecule has 0 fully saturated rings. The molecule has 7 aromatic rings. The maximum Gasteiger partial charge on any atom is 0.374 e. The smallest absolute Gasteiger partial charge is 0.374 e. The molecule has 48 heavy (non-hydrogen) atoms. The number of carbonyl (C=O) groups excluding carboxylic acids is 2. The van der Waals surface area contributed by atoms with E-state index in [9.17, 15) is 26.8 Å². The average Bonchev–Trinajstić information content (AvgIpc) is 3.67. The van der Waals surface area contributed by atoms with Crippen LogP contribution in [0.2, 0.25) is 0 Å². The van der Waals surface area contributed by atoms with Gasteiger partial charge in [0.15, 0.2) is 0 Å². The Kier molecular flexibility index (Phi) is 7.31. The van der Waals surface area contributed by atoms with E-state index in [1.807, 2.05) is 0 Å². The lowest BCUT2D eigenvalue weighted by Crippen LogP contribution is -2.18. The molecule has 0 aliphatic heterocycles. The molecule has 0 saturated carbocycles. The second-order valence-corrected chi connectivity index (χ2v) is 12.8. The van der Waals surface area contributed by atoms with Crippen molar-refractivity contribution in [3.8, 4) is 22.6 Å². The van der Waals surface area contributed by atoms with Crippen LogP contribution in [0.25, 0.3) is 61.0 Å². The van der Waals surface area contributed by atoms with Crippen LogP contribution >= 0.6 is 0 Å². The Bertz CT molecular complexity index is 2580. The van der Waals surface area contributed by atoms with Crippen molar-refractivity contribution in [2.75, 3.05) is 24.6 Å². The molecule has 1 amide bonds. The number of carbonyl (C=O) groups is 2. The van der Waals surface area contributed by atoms with Gasteiger partial charge in [-0.25, -0.2) is 32.0 Å². The summed E-state index contributed by atoms with van der Waals surface area (Å²) in [5.74, 6) is -2.39. The van der Waals surface area contributed by atoms with Gasteiger partial charge in [0.1, 0.15) is 28.5 Å². The van der Waals surface area contributed by atoms with E-state index in [1.54, 1.807) is 30.3 Å². The fourth-order valence-electron chi connectivity index (χ4n) is 5.70. The molecule has 0 atom stereocenters. The number of aromatic nitrogens is 3. The van der Waals surface area contributed by atoms with Gasteiger partial charge in [-0.15, -0.1) is 0 Å². The van der Waals surface area contributed by atoms with Gasteiger partial charge in [0.2, 0.25) is 15.8 Å². The lowest BCUT2D eigenvalue weighted by molar-refractivity contribution is 0.0585. The number of esters is 1. The van der Waals surface area contributed by atoms with Gasteiger partial charge < -0.3 is 14.5 Å². The molecule has 0 bridgehead atoms. The van der Waals surface area contributed by atoms with E-state index in [2.05, 4.69) is 15.0 Å². The average molecular weight is 670 g/mol. The summed E-state index contributed by atoms with van der Waals surface area (Å²) in [6.07, 6.45) is 0. The number of sulfonamides is 1. The summed E-state index contributed by atoms with van der Waals surface area (Å²) < 4.78 is 69.6. The number of nitrogens with zero attached hydrogens (tertiary/aromatic N) is 3. The number of methoxy groups -OCH3 is 1. The SMILES string of the molecule is CCS(=O)(=O)Nc1cc2oc(-c3ccc(F)cc3)c(C(=O)NC)c2cc1-c1ccc2nc(C(=O)OC)n3c4cccc(F)c4cc3c2n1. The largest absolute Gasteiger partial charge is 0.463 e. The third-order valence-corrected chi connectivity index (χ3v) is 9.32. The number of furan rings is 1. The first kappa shape index (κ1) is 30.7. The van der Waals surface area contributed by atoms with Crippen LogP contribution in [0.4, 0.5) is 14.5 Å². The number of rotatable bonds is 7. The van der Waals surface area contributed by atoms with Gasteiger partial charge in [-0.2, -0.15) is 0 Å². The highest BCUT2D eigenvalue weighted by Crippen LogP contribution is 2.40. The Morgan fingerprint density at radius 1 is 0.958 bits per heavy atom. The number of benzene rings is 3. The summed E-state index contributed by atoms with van der Waals surface area (Å²) in [7, 11) is -1.15. The Labute approximate surface area is 271 Å². The van der Waals surface area contributed by atoms with E-state index < -0.39 is 33.5 Å². The number of amides is 1. The number of fused-ring (bicyclic) bond motifs is 6. The minimum Gasteiger partial charge on any atom is -0.463 e. The number of halogens is 2. The summed E-state index contributed by atoms with van der Waals surface area (Å²) in [6.45, 7) is 1.48. The highest BCUT2D eigenvalue weighted by atomic mass is 32.2. The van der Waals surface area contributed by atoms with Gasteiger partial charge in [-0.3, -0.25) is 13.9 Å². The van der Waals surface area contributed by atoms with E-state index in [0.717, 1.165) is 0 Å². The normalized spacial score (nSPS) is 11.9. The molecular weight excluding hydrogens is 644 g/mol. The number of pyridine rings is 1. The van der Waals surface area contributed by atoms with Gasteiger partial charge in [0, 0.05) is 35.0 Å². The quantitative estimate of drug-likeness (QED) is 0.188. The van der Waals surface area contributed by atoms with Crippen LogP contribution in [-0.4, -0.2) is 54.6 Å². The first-order valence-corrected chi connectivity index (χ1v) is 16.3. The lowest BCUT2D eigenvalue weighted by atomic mass is 10.0. The number of ether oxygens (including phenoxy) is 1. The fraction of sp³-hybridized carbons (Fsp3) is 0.118. The van der Waals surface area contributed by atoms with Crippen LogP contribution in [-0.2, 0) is 14.8 Å². The van der Waals surface area contributed by atoms with Gasteiger partial charge >= 0.3 is 5.97 Å². The molecular formula is C34H25F2N5O6S. The third-order valence-electron chi connectivity index (χ3n) is 8.03. The van der Waals surface area contributed by atoms with Crippen molar-refractivity contribution in [3.63, 3.8) is 0 Å². The molecule has 7 rings (SSSR count). The molecule has 242 valence electrons. The number of anilines is 1. The van der Waals surface area contributed by atoms with Crippen LogP contribution in [0.3, 0.4) is 0 Å². The van der Waals surface area contributed by atoms with Crippen molar-refractivity contribution in [3.05, 3.63) is 95.8 Å². The van der Waals surface area contributed by atoms with Crippen LogP contribution in [0.1, 0.15) is 27.9 Å². The molecule has 0 aliphatic rings. The molecule has 3 aromatic carbocycles. The van der Waals surface area contributed by atoms with Crippen LogP contribution < -0.4 is 10.0 Å². The predicted molar refractivity (Wildman–Crippen MR) is 176 cm³/mol. The molecule has 0 aliphatic carbocycles. The summed E-state index contributed by atoms with van der Waals surface area (Å²) >= 11 is 0. The van der Waals surface area contributed by atoms with Crippen LogP contribution in [0.5, 0.6) is 0 Å². The summed E-state index contributed by atoms with van der Waals surface area (Å²) in [5.41, 5.74) is 2.72. The predicted octanol–water partition coefficient (Wildman–Crippen LogP) is 6.30. The third kappa shape index (κ3) is 4.97. The molecule has 2 N–H and O–H groups in total.